The predicted octanol–water partition coefficient (Wildman–Crippen LogP) is 2.28. The Morgan fingerprint density at radius 2 is 1.86 bits per heavy atom. The Morgan fingerprint density at radius 3 is 2.53 bits per heavy atom. The second-order valence-electron chi connectivity index (χ2n) is 9.73. The third-order valence-electron chi connectivity index (χ3n) is 7.80. The topological polar surface area (TPSA) is 108 Å². The van der Waals surface area contributed by atoms with Crippen molar-refractivity contribution in [1.82, 2.24) is 10.2 Å². The molecule has 9 heteroatoms. The Hall–Kier alpha value is -3.04. The van der Waals surface area contributed by atoms with E-state index in [0.717, 1.165) is 12.0 Å². The fraction of sp³-hybridized carbons (Fsp3) is 0.444. The molecule has 3 heterocycles. The van der Waals surface area contributed by atoms with Crippen LogP contribution in [0.2, 0.25) is 0 Å². The summed E-state index contributed by atoms with van der Waals surface area (Å²) >= 11 is 1.62. The summed E-state index contributed by atoms with van der Waals surface area (Å²) in [7, 11) is 1.57. The number of methoxy groups -OCH3 is 1. The largest absolute Gasteiger partial charge is 0.497 e. The summed E-state index contributed by atoms with van der Waals surface area (Å²) in [4.78, 5) is 42.4. The second-order valence-corrected chi connectivity index (χ2v) is 11.3. The van der Waals surface area contributed by atoms with Crippen LogP contribution in [0.25, 0.3) is 0 Å². The number of nitrogens with zero attached hydrogens (tertiary/aromatic N) is 1. The highest BCUT2D eigenvalue weighted by molar-refractivity contribution is 8.02. The molecule has 190 valence electrons. The lowest BCUT2D eigenvalue weighted by Gasteiger charge is -2.38. The van der Waals surface area contributed by atoms with E-state index in [-0.39, 0.29) is 42.0 Å². The Kier molecular flexibility index (Phi) is 6.70. The number of likely N-dealkylation sites (tertiary alicyclic amines) is 1. The maximum atomic E-state index is 13.8. The van der Waals surface area contributed by atoms with Crippen molar-refractivity contribution in [2.24, 2.45) is 17.8 Å². The summed E-state index contributed by atoms with van der Waals surface area (Å²) < 4.78 is 4.47. The molecular weight excluding hydrogens is 478 g/mol. The molecule has 3 unspecified atom stereocenters. The molecule has 3 aliphatic heterocycles. The van der Waals surface area contributed by atoms with Crippen LogP contribution < -0.4 is 15.4 Å². The Bertz CT molecular complexity index is 1140. The number of ether oxygens (including phenoxy) is 1. The van der Waals surface area contributed by atoms with Crippen molar-refractivity contribution in [3.05, 3.63) is 60.2 Å². The number of carbonyl (C=O) groups excluding carboxylic acids is 3. The van der Waals surface area contributed by atoms with E-state index in [1.165, 1.54) is 4.90 Å². The normalized spacial score (nSPS) is 30.2. The lowest BCUT2D eigenvalue weighted by atomic mass is 9.66. The highest BCUT2D eigenvalue weighted by Gasteiger charge is 2.75. The van der Waals surface area contributed by atoms with Gasteiger partial charge < -0.3 is 25.4 Å². The number of fused-ring (bicyclic) bond motifs is 1. The average Bonchev–Trinajstić information content (AvgIpc) is 3.48. The van der Waals surface area contributed by atoms with E-state index in [9.17, 15) is 19.5 Å². The number of aliphatic hydroxyl groups is 1. The minimum atomic E-state index is -0.777. The van der Waals surface area contributed by atoms with Crippen molar-refractivity contribution in [2.75, 3.05) is 25.6 Å². The number of thioether (sulfide) groups is 1. The first-order valence-electron chi connectivity index (χ1n) is 12.3. The van der Waals surface area contributed by atoms with Gasteiger partial charge in [0.15, 0.2) is 0 Å². The Balaban J connectivity index is 1.42. The molecule has 1 spiro atoms. The molecule has 0 aliphatic carbocycles. The first-order valence-corrected chi connectivity index (χ1v) is 13.1. The van der Waals surface area contributed by atoms with Gasteiger partial charge >= 0.3 is 0 Å². The van der Waals surface area contributed by atoms with E-state index in [1.807, 2.05) is 30.3 Å². The van der Waals surface area contributed by atoms with Crippen molar-refractivity contribution in [2.45, 2.75) is 35.9 Å². The van der Waals surface area contributed by atoms with E-state index in [2.05, 4.69) is 17.6 Å². The van der Waals surface area contributed by atoms with E-state index in [0.29, 0.717) is 18.0 Å². The van der Waals surface area contributed by atoms with Gasteiger partial charge in [0, 0.05) is 24.0 Å². The lowest BCUT2D eigenvalue weighted by molar-refractivity contribution is -0.140. The van der Waals surface area contributed by atoms with Gasteiger partial charge in [0.1, 0.15) is 11.8 Å². The number of amides is 3. The van der Waals surface area contributed by atoms with Crippen LogP contribution in [0.5, 0.6) is 5.75 Å². The molecule has 6 atom stereocenters. The number of nitrogens with one attached hydrogen (secondary N) is 2. The van der Waals surface area contributed by atoms with E-state index >= 15 is 0 Å². The zero-order valence-corrected chi connectivity index (χ0v) is 21.2. The highest BCUT2D eigenvalue weighted by Crippen LogP contribution is 2.68. The van der Waals surface area contributed by atoms with Gasteiger partial charge in [-0.3, -0.25) is 14.4 Å². The lowest BCUT2D eigenvalue weighted by Crippen LogP contribution is -2.55. The van der Waals surface area contributed by atoms with Crippen molar-refractivity contribution in [3.8, 4) is 5.75 Å². The van der Waals surface area contributed by atoms with Crippen LogP contribution in [0.4, 0.5) is 5.69 Å². The zero-order valence-electron chi connectivity index (χ0n) is 20.3. The van der Waals surface area contributed by atoms with Crippen LogP contribution in [-0.4, -0.2) is 64.0 Å². The molecule has 3 N–H and O–H groups in total. The van der Waals surface area contributed by atoms with Crippen molar-refractivity contribution in [1.29, 1.82) is 0 Å². The van der Waals surface area contributed by atoms with Gasteiger partial charge in [0.25, 0.3) is 0 Å². The number of hydrogen-bond donors (Lipinski definition) is 3. The highest BCUT2D eigenvalue weighted by atomic mass is 32.2. The monoisotopic (exact) mass is 509 g/mol. The molecule has 3 amide bonds. The summed E-state index contributed by atoms with van der Waals surface area (Å²) in [6.45, 7) is 2.25. The van der Waals surface area contributed by atoms with Gasteiger partial charge in [-0.2, -0.15) is 0 Å². The summed E-state index contributed by atoms with van der Waals surface area (Å²) in [5.41, 5.74) is 1.58. The van der Waals surface area contributed by atoms with E-state index < -0.39 is 22.6 Å². The van der Waals surface area contributed by atoms with Gasteiger partial charge in [0.05, 0.1) is 30.3 Å². The molecule has 2 aromatic carbocycles. The van der Waals surface area contributed by atoms with E-state index in [4.69, 9.17) is 4.74 Å². The molecule has 36 heavy (non-hydrogen) atoms. The minimum Gasteiger partial charge on any atom is -0.497 e. The third-order valence-corrected chi connectivity index (χ3v) is 9.88. The molecule has 8 nitrogen and oxygen atoms in total. The molecule has 3 fully saturated rings. The molecule has 0 radical (unpaired) electrons. The smallest absolute Gasteiger partial charge is 0.248 e. The fourth-order valence-electron chi connectivity index (χ4n) is 6.26. The number of rotatable bonds is 8. The standard InChI is InChI=1S/C27H31N3O5S/c1-16-14-20-21(24(32)28-15-17-6-4-3-5-7-17)22-26(34)30(12-13-31)23(27(16,22)36-20)25(33)29-18-8-10-19(35-2)11-9-18/h3-11,16,20-23,31H,12-15H2,1-2H3,(H,28,32)(H,29,33)/t16?,20-,21+,22-,23?,27?/m0/s1. The van der Waals surface area contributed by atoms with Crippen LogP contribution in [0.15, 0.2) is 54.6 Å². The van der Waals surface area contributed by atoms with Gasteiger partial charge in [-0.15, -0.1) is 11.8 Å². The molecule has 2 bridgehead atoms. The molecule has 0 aromatic heterocycles. The second kappa shape index (κ2) is 9.78. The SMILES string of the molecule is COc1ccc(NC(=O)C2N(CCO)C(=O)[C@@H]3[C@H](C(=O)NCc4ccccc4)[C@@H]4CC(C)C23S4)cc1. The molecule has 3 saturated heterocycles. The van der Waals surface area contributed by atoms with Gasteiger partial charge in [-0.25, -0.2) is 0 Å². The van der Waals surface area contributed by atoms with Crippen LogP contribution in [0, 0.1) is 17.8 Å². The maximum Gasteiger partial charge on any atom is 0.248 e. The first-order chi connectivity index (χ1) is 17.4. The van der Waals surface area contributed by atoms with Crippen molar-refractivity contribution < 1.29 is 24.2 Å². The van der Waals surface area contributed by atoms with Gasteiger partial charge in [0.2, 0.25) is 17.7 Å². The number of hydrogen-bond acceptors (Lipinski definition) is 6. The first kappa shape index (κ1) is 24.6. The number of carbonyl (C=O) groups is 3. The predicted molar refractivity (Wildman–Crippen MR) is 137 cm³/mol. The van der Waals surface area contributed by atoms with Gasteiger partial charge in [-0.1, -0.05) is 37.3 Å². The Labute approximate surface area is 214 Å². The van der Waals surface area contributed by atoms with Crippen LogP contribution in [-0.2, 0) is 20.9 Å². The quantitative estimate of drug-likeness (QED) is 0.504. The maximum absolute atomic E-state index is 13.8. The summed E-state index contributed by atoms with van der Waals surface area (Å²) in [6.07, 6.45) is 0.761. The molecule has 2 aromatic rings. The molecular formula is C27H31N3O5S. The van der Waals surface area contributed by atoms with Gasteiger partial charge in [-0.05, 0) is 42.2 Å². The number of β-amino-alcohol motifs (C(OH)–C–C–N with tert-alkyl or cyclic N) is 1. The van der Waals surface area contributed by atoms with Crippen molar-refractivity contribution in [3.63, 3.8) is 0 Å². The van der Waals surface area contributed by atoms with Crippen molar-refractivity contribution >= 4 is 35.2 Å². The third kappa shape index (κ3) is 3.94. The molecule has 3 aliphatic rings. The summed E-state index contributed by atoms with van der Waals surface area (Å²) in [6, 6.07) is 15.9. The van der Waals surface area contributed by atoms with Crippen LogP contribution in [0.1, 0.15) is 18.9 Å². The zero-order chi connectivity index (χ0) is 25.4. The number of anilines is 1. The number of aliphatic hydroxyl groups excluding tert-OH is 1. The average molecular weight is 510 g/mol. The van der Waals surface area contributed by atoms with E-state index in [1.54, 1.807) is 43.1 Å². The minimum absolute atomic E-state index is 0.0303. The fourth-order valence-corrected chi connectivity index (χ4v) is 8.68. The summed E-state index contributed by atoms with van der Waals surface area (Å²) in [5, 5.41) is 15.7. The van der Waals surface area contributed by atoms with Crippen LogP contribution >= 0.6 is 11.8 Å². The molecule has 5 rings (SSSR count). The molecule has 0 saturated carbocycles. The Morgan fingerprint density at radius 1 is 1.14 bits per heavy atom. The summed E-state index contributed by atoms with van der Waals surface area (Å²) in [5.74, 6) is -1.05. The number of benzene rings is 2. The van der Waals surface area contributed by atoms with Crippen LogP contribution in [0.3, 0.4) is 0 Å².